The van der Waals surface area contributed by atoms with Gasteiger partial charge >= 0.3 is 6.18 Å². The first kappa shape index (κ1) is 18.0. The number of carbonyl (C=O) groups is 1. The number of halogens is 4. The first-order chi connectivity index (χ1) is 11.0. The van der Waals surface area contributed by atoms with Gasteiger partial charge in [-0.15, -0.1) is 0 Å². The summed E-state index contributed by atoms with van der Waals surface area (Å²) in [5, 5.41) is 12.3. The first-order valence-corrected chi connectivity index (χ1v) is 6.95. The maximum absolute atomic E-state index is 13.3. The molecule has 0 bridgehead atoms. The Morgan fingerprint density at radius 1 is 1.21 bits per heavy atom. The molecule has 0 aliphatic rings. The molecular formula is C16H15F4NO3. The monoisotopic (exact) mass is 345 g/mol. The molecule has 8 heteroatoms. The minimum atomic E-state index is -5.12. The van der Waals surface area contributed by atoms with E-state index in [4.69, 9.17) is 4.42 Å². The largest absolute Gasteiger partial charge is 0.463 e. The minimum absolute atomic E-state index is 0.154. The van der Waals surface area contributed by atoms with Gasteiger partial charge < -0.3 is 14.8 Å². The molecule has 0 radical (unpaired) electrons. The Labute approximate surface area is 135 Å². The summed E-state index contributed by atoms with van der Waals surface area (Å²) >= 11 is 0. The Kier molecular flexibility index (Phi) is 4.70. The smallest absolute Gasteiger partial charge is 0.425 e. The van der Waals surface area contributed by atoms with E-state index in [0.717, 1.165) is 18.2 Å². The molecule has 0 saturated heterocycles. The topological polar surface area (TPSA) is 62.5 Å². The van der Waals surface area contributed by atoms with Crippen molar-refractivity contribution in [3.8, 4) is 0 Å². The molecule has 1 unspecified atom stereocenters. The average Bonchev–Trinajstić information content (AvgIpc) is 2.87. The van der Waals surface area contributed by atoms with Crippen LogP contribution in [-0.4, -0.2) is 17.2 Å². The van der Waals surface area contributed by atoms with Crippen molar-refractivity contribution in [2.75, 3.05) is 5.32 Å². The van der Waals surface area contributed by atoms with Crippen LogP contribution < -0.4 is 5.32 Å². The van der Waals surface area contributed by atoms with Crippen molar-refractivity contribution in [2.45, 2.75) is 32.0 Å². The van der Waals surface area contributed by atoms with Crippen LogP contribution in [0.3, 0.4) is 0 Å². The van der Waals surface area contributed by atoms with Crippen LogP contribution in [0.4, 0.5) is 23.2 Å². The number of aliphatic hydroxyl groups is 1. The Morgan fingerprint density at radius 2 is 1.88 bits per heavy atom. The van der Waals surface area contributed by atoms with Gasteiger partial charge in [0.2, 0.25) is 11.5 Å². The van der Waals surface area contributed by atoms with Gasteiger partial charge in [-0.2, -0.15) is 13.2 Å². The van der Waals surface area contributed by atoms with E-state index in [9.17, 15) is 27.5 Å². The van der Waals surface area contributed by atoms with Crippen LogP contribution in [0.15, 0.2) is 34.7 Å². The van der Waals surface area contributed by atoms with Crippen LogP contribution in [0, 0.1) is 19.7 Å². The second-order valence-electron chi connectivity index (χ2n) is 5.45. The third kappa shape index (κ3) is 3.59. The second kappa shape index (κ2) is 6.27. The highest BCUT2D eigenvalue weighted by molar-refractivity contribution is 5.92. The molecule has 2 rings (SSSR count). The lowest BCUT2D eigenvalue weighted by Crippen LogP contribution is -2.44. The van der Waals surface area contributed by atoms with E-state index in [0.29, 0.717) is 5.56 Å². The zero-order chi connectivity index (χ0) is 18.1. The molecule has 0 saturated carbocycles. The molecule has 1 aromatic carbocycles. The summed E-state index contributed by atoms with van der Waals surface area (Å²) in [6.45, 7) is 2.91. The highest BCUT2D eigenvalue weighted by atomic mass is 19.4. The van der Waals surface area contributed by atoms with Crippen molar-refractivity contribution < 1.29 is 31.9 Å². The quantitative estimate of drug-likeness (QED) is 0.828. The normalized spacial score (nSPS) is 14.3. The molecule has 0 aliphatic carbocycles. The maximum Gasteiger partial charge on any atom is 0.425 e. The Balaban J connectivity index is 2.25. The molecule has 1 aromatic heterocycles. The molecule has 4 nitrogen and oxygen atoms in total. The molecular weight excluding hydrogens is 330 g/mol. The number of carbonyl (C=O) groups excluding carboxylic acids is 1. The maximum atomic E-state index is 13.3. The molecule has 1 heterocycles. The summed E-state index contributed by atoms with van der Waals surface area (Å²) in [5.74, 6) is -2.22. The van der Waals surface area contributed by atoms with Gasteiger partial charge in [-0.1, -0.05) is 0 Å². The predicted octanol–water partition coefficient (Wildman–Crippen LogP) is 3.81. The van der Waals surface area contributed by atoms with Crippen LogP contribution in [0.25, 0.3) is 0 Å². The lowest BCUT2D eigenvalue weighted by atomic mass is 9.95. The Morgan fingerprint density at radius 3 is 2.38 bits per heavy atom. The number of benzene rings is 1. The lowest BCUT2D eigenvalue weighted by Gasteiger charge is -2.28. The van der Waals surface area contributed by atoms with Gasteiger partial charge in [0.25, 0.3) is 0 Å². The number of nitrogens with one attached hydrogen (secondary N) is 1. The first-order valence-electron chi connectivity index (χ1n) is 6.95. The number of alkyl halides is 3. The SMILES string of the molecule is Cc1ccc(C(O)(CC(=O)Nc2ccc(F)cc2C)C(F)(F)F)o1. The fourth-order valence-corrected chi connectivity index (χ4v) is 2.18. The Hall–Kier alpha value is -2.35. The molecule has 1 amide bonds. The zero-order valence-corrected chi connectivity index (χ0v) is 12.9. The Bertz CT molecular complexity index is 754. The molecule has 2 N–H and O–H groups in total. The lowest BCUT2D eigenvalue weighted by molar-refractivity contribution is -0.272. The summed E-state index contributed by atoms with van der Waals surface area (Å²) in [7, 11) is 0. The third-order valence-electron chi connectivity index (χ3n) is 3.50. The fraction of sp³-hybridized carbons (Fsp3) is 0.312. The summed E-state index contributed by atoms with van der Waals surface area (Å²) in [4.78, 5) is 12.0. The highest BCUT2D eigenvalue weighted by Gasteiger charge is 2.58. The number of furan rings is 1. The number of amides is 1. The van der Waals surface area contributed by atoms with Crippen molar-refractivity contribution in [3.63, 3.8) is 0 Å². The fourth-order valence-electron chi connectivity index (χ4n) is 2.18. The van der Waals surface area contributed by atoms with Crippen molar-refractivity contribution in [1.82, 2.24) is 0 Å². The minimum Gasteiger partial charge on any atom is -0.463 e. The van der Waals surface area contributed by atoms with Gasteiger partial charge in [-0.25, -0.2) is 4.39 Å². The van der Waals surface area contributed by atoms with Crippen LogP contribution in [0.5, 0.6) is 0 Å². The van der Waals surface area contributed by atoms with Gasteiger partial charge in [0, 0.05) is 5.69 Å². The number of anilines is 1. The molecule has 24 heavy (non-hydrogen) atoms. The van der Waals surface area contributed by atoms with Gasteiger partial charge in [0.15, 0.2) is 0 Å². The molecule has 2 aromatic rings. The molecule has 0 aliphatic heterocycles. The van der Waals surface area contributed by atoms with E-state index in [1.54, 1.807) is 0 Å². The second-order valence-corrected chi connectivity index (χ2v) is 5.45. The van der Waals surface area contributed by atoms with E-state index < -0.39 is 35.7 Å². The zero-order valence-electron chi connectivity index (χ0n) is 12.9. The van der Waals surface area contributed by atoms with Crippen molar-refractivity contribution >= 4 is 11.6 Å². The van der Waals surface area contributed by atoms with Crippen molar-refractivity contribution in [2.24, 2.45) is 0 Å². The summed E-state index contributed by atoms with van der Waals surface area (Å²) < 4.78 is 57.8. The molecule has 0 fully saturated rings. The van der Waals surface area contributed by atoms with Crippen molar-refractivity contribution in [3.05, 3.63) is 53.2 Å². The standard InChI is InChI=1S/C16H15F4NO3/c1-9-7-11(17)4-5-12(9)21-14(22)8-15(23,16(18,19)20)13-6-3-10(2)24-13/h3-7,23H,8H2,1-2H3,(H,21,22). The summed E-state index contributed by atoms with van der Waals surface area (Å²) in [6, 6.07) is 5.65. The number of aryl methyl sites for hydroxylation is 2. The predicted molar refractivity (Wildman–Crippen MR) is 77.8 cm³/mol. The summed E-state index contributed by atoms with van der Waals surface area (Å²) in [5.41, 5.74) is -2.96. The number of hydrogen-bond acceptors (Lipinski definition) is 3. The number of hydrogen-bond donors (Lipinski definition) is 2. The summed E-state index contributed by atoms with van der Waals surface area (Å²) in [6.07, 6.45) is -6.41. The van der Waals surface area contributed by atoms with E-state index in [-0.39, 0.29) is 11.4 Å². The van der Waals surface area contributed by atoms with Gasteiger partial charge in [-0.3, -0.25) is 4.79 Å². The van der Waals surface area contributed by atoms with Gasteiger partial charge in [0.1, 0.15) is 17.3 Å². The highest BCUT2D eigenvalue weighted by Crippen LogP contribution is 2.42. The molecule has 0 spiro atoms. The van der Waals surface area contributed by atoms with Crippen LogP contribution in [-0.2, 0) is 10.4 Å². The molecule has 130 valence electrons. The van der Waals surface area contributed by atoms with Crippen LogP contribution in [0.1, 0.15) is 23.5 Å². The van der Waals surface area contributed by atoms with E-state index in [1.165, 1.54) is 26.0 Å². The van der Waals surface area contributed by atoms with E-state index in [1.807, 2.05) is 0 Å². The average molecular weight is 345 g/mol. The van der Waals surface area contributed by atoms with Crippen LogP contribution in [0.2, 0.25) is 0 Å². The van der Waals surface area contributed by atoms with E-state index >= 15 is 0 Å². The van der Waals surface area contributed by atoms with Crippen molar-refractivity contribution in [1.29, 1.82) is 0 Å². The third-order valence-corrected chi connectivity index (χ3v) is 3.50. The number of rotatable bonds is 4. The van der Waals surface area contributed by atoms with Gasteiger partial charge in [-0.05, 0) is 49.7 Å². The molecule has 1 atom stereocenters. The van der Waals surface area contributed by atoms with E-state index in [2.05, 4.69) is 5.32 Å². The van der Waals surface area contributed by atoms with Crippen LogP contribution >= 0.6 is 0 Å². The van der Waals surface area contributed by atoms with Gasteiger partial charge in [0.05, 0.1) is 6.42 Å².